The summed E-state index contributed by atoms with van der Waals surface area (Å²) < 4.78 is 35.0. The van der Waals surface area contributed by atoms with Crippen molar-refractivity contribution in [2.24, 2.45) is 0 Å². The molecule has 45 heavy (non-hydrogen) atoms. The highest BCUT2D eigenvalue weighted by Crippen LogP contribution is 2.37. The fourth-order valence-electron chi connectivity index (χ4n) is 4.51. The van der Waals surface area contributed by atoms with E-state index in [0.717, 1.165) is 5.69 Å². The van der Waals surface area contributed by atoms with Gasteiger partial charge in [-0.05, 0) is 45.0 Å². The van der Waals surface area contributed by atoms with E-state index in [4.69, 9.17) is 16.3 Å². The number of rotatable bonds is 11. The number of ether oxygens (including phenoxy) is 1. The summed E-state index contributed by atoms with van der Waals surface area (Å²) in [5.41, 5.74) is -0.200. The zero-order chi connectivity index (χ0) is 33.4. The van der Waals surface area contributed by atoms with Gasteiger partial charge in [0.25, 0.3) is 5.91 Å². The molecule has 0 saturated carbocycles. The van der Waals surface area contributed by atoms with Crippen LogP contribution in [0.15, 0.2) is 59.5 Å². The van der Waals surface area contributed by atoms with Gasteiger partial charge in [0.1, 0.15) is 10.8 Å². The molecule has 2 heterocycles. The highest BCUT2D eigenvalue weighted by molar-refractivity contribution is 7.89. The fourth-order valence-corrected chi connectivity index (χ4v) is 5.96. The number of H-pyrrole nitrogens is 1. The van der Waals surface area contributed by atoms with Crippen LogP contribution in [0.2, 0.25) is 5.02 Å². The van der Waals surface area contributed by atoms with E-state index in [1.54, 1.807) is 53.9 Å². The van der Waals surface area contributed by atoms with Crippen LogP contribution in [0.25, 0.3) is 5.65 Å². The molecule has 1 unspecified atom stereocenters. The number of benzene rings is 2. The van der Waals surface area contributed by atoms with Gasteiger partial charge in [0.2, 0.25) is 15.9 Å². The van der Waals surface area contributed by atoms with Crippen molar-refractivity contribution in [1.82, 2.24) is 29.9 Å². The number of para-hydroxylation sites is 2. The summed E-state index contributed by atoms with van der Waals surface area (Å²) in [7, 11) is -3.87. The third kappa shape index (κ3) is 7.15. The van der Waals surface area contributed by atoms with Gasteiger partial charge >= 0.3 is 0 Å². The molecule has 0 spiro atoms. The SMILES string of the molecule is CC(Oc1ccccc1NC(=O)CNS(=O)(=O)c1ccccc1)C(=O)NC(C)(C)C(C)(C)c1nnc2c(Cl)c(C(C)(C)C)[nH]n12. The van der Waals surface area contributed by atoms with Gasteiger partial charge in [-0.2, -0.15) is 0 Å². The maximum Gasteiger partial charge on any atom is 0.261 e. The number of carbonyl (C=O) groups excluding carboxylic acids is 2. The molecule has 4 rings (SSSR count). The largest absolute Gasteiger partial charge is 0.479 e. The Kier molecular flexibility index (Phi) is 9.39. The first-order valence-electron chi connectivity index (χ1n) is 14.4. The highest BCUT2D eigenvalue weighted by atomic mass is 35.5. The lowest BCUT2D eigenvalue weighted by Gasteiger charge is -2.41. The second-order valence-electron chi connectivity index (χ2n) is 12.9. The van der Waals surface area contributed by atoms with Gasteiger partial charge in [0, 0.05) is 16.4 Å². The first kappa shape index (κ1) is 33.9. The lowest BCUT2D eigenvalue weighted by Crippen LogP contribution is -2.58. The van der Waals surface area contributed by atoms with Crippen LogP contribution in [0.3, 0.4) is 0 Å². The first-order chi connectivity index (χ1) is 20.8. The zero-order valence-corrected chi connectivity index (χ0v) is 28.2. The molecule has 12 nitrogen and oxygen atoms in total. The number of nitrogens with zero attached hydrogens (tertiary/aromatic N) is 3. The van der Waals surface area contributed by atoms with E-state index in [2.05, 4.69) is 30.7 Å². The molecule has 14 heteroatoms. The molecule has 0 aliphatic rings. The van der Waals surface area contributed by atoms with E-state index in [1.807, 2.05) is 48.5 Å². The normalized spacial score (nSPS) is 13.4. The minimum Gasteiger partial charge on any atom is -0.479 e. The predicted octanol–water partition coefficient (Wildman–Crippen LogP) is 4.57. The van der Waals surface area contributed by atoms with Crippen molar-refractivity contribution >= 4 is 44.8 Å². The van der Waals surface area contributed by atoms with Gasteiger partial charge < -0.3 is 15.4 Å². The van der Waals surface area contributed by atoms with Crippen LogP contribution in [0.1, 0.15) is 66.9 Å². The second kappa shape index (κ2) is 12.5. The number of carbonyl (C=O) groups is 2. The average Bonchev–Trinajstić information content (AvgIpc) is 3.53. The lowest BCUT2D eigenvalue weighted by molar-refractivity contribution is -0.129. The van der Waals surface area contributed by atoms with E-state index in [-0.39, 0.29) is 21.7 Å². The first-order valence-corrected chi connectivity index (χ1v) is 16.3. The average molecular weight is 658 g/mol. The number of halogens is 1. The number of amides is 2. The second-order valence-corrected chi connectivity index (χ2v) is 15.1. The van der Waals surface area contributed by atoms with E-state index in [9.17, 15) is 18.0 Å². The Morgan fingerprint density at radius 2 is 1.60 bits per heavy atom. The van der Waals surface area contributed by atoms with E-state index < -0.39 is 45.4 Å². The fraction of sp³-hybridized carbons (Fsp3) is 0.419. The van der Waals surface area contributed by atoms with Crippen LogP contribution in [0.4, 0.5) is 5.69 Å². The quantitative estimate of drug-likeness (QED) is 0.184. The number of anilines is 1. The van der Waals surface area contributed by atoms with Crippen molar-refractivity contribution in [2.75, 3.05) is 11.9 Å². The molecular formula is C31H40ClN7O5S. The summed E-state index contributed by atoms with van der Waals surface area (Å²) in [5.74, 6) is -0.175. The number of hydrogen-bond donors (Lipinski definition) is 4. The molecule has 0 aliphatic carbocycles. The molecule has 0 bridgehead atoms. The van der Waals surface area contributed by atoms with Crippen molar-refractivity contribution < 1.29 is 22.7 Å². The maximum absolute atomic E-state index is 13.4. The molecule has 4 N–H and O–H groups in total. The van der Waals surface area contributed by atoms with Crippen molar-refractivity contribution in [1.29, 1.82) is 0 Å². The van der Waals surface area contributed by atoms with Gasteiger partial charge in [-0.15, -0.1) is 10.2 Å². The number of aromatic amines is 1. The monoisotopic (exact) mass is 657 g/mol. The minimum absolute atomic E-state index is 0.0484. The van der Waals surface area contributed by atoms with Crippen molar-refractivity contribution in [3.8, 4) is 5.75 Å². The minimum atomic E-state index is -3.87. The topological polar surface area (TPSA) is 160 Å². The number of hydrogen-bond acceptors (Lipinski definition) is 7. The zero-order valence-electron chi connectivity index (χ0n) is 26.6. The Labute approximate surface area is 268 Å². The summed E-state index contributed by atoms with van der Waals surface area (Å²) in [6.07, 6.45) is -0.958. The smallest absolute Gasteiger partial charge is 0.261 e. The third-order valence-electron chi connectivity index (χ3n) is 7.92. The van der Waals surface area contributed by atoms with Crippen LogP contribution in [-0.2, 0) is 30.4 Å². The number of aromatic nitrogens is 4. The Balaban J connectivity index is 1.44. The number of fused-ring (bicyclic) bond motifs is 1. The summed E-state index contributed by atoms with van der Waals surface area (Å²) in [4.78, 5) is 26.1. The van der Waals surface area contributed by atoms with Crippen molar-refractivity contribution in [3.63, 3.8) is 0 Å². The van der Waals surface area contributed by atoms with E-state index in [1.165, 1.54) is 12.1 Å². The number of nitrogens with one attached hydrogen (secondary N) is 4. The third-order valence-corrected chi connectivity index (χ3v) is 9.70. The molecule has 242 valence electrons. The lowest BCUT2D eigenvalue weighted by atomic mass is 9.73. The van der Waals surface area contributed by atoms with Crippen LogP contribution in [-0.4, -0.2) is 58.2 Å². The Bertz CT molecular complexity index is 1810. The molecule has 1 atom stereocenters. The van der Waals surface area contributed by atoms with Crippen molar-refractivity contribution in [2.45, 2.75) is 82.8 Å². The van der Waals surface area contributed by atoms with Crippen LogP contribution in [0.5, 0.6) is 5.75 Å². The molecule has 0 saturated heterocycles. The van der Waals surface area contributed by atoms with Crippen LogP contribution >= 0.6 is 11.6 Å². The molecule has 4 aromatic rings. The Morgan fingerprint density at radius 3 is 2.24 bits per heavy atom. The van der Waals surface area contributed by atoms with Crippen LogP contribution in [0, 0.1) is 0 Å². The molecule has 2 amide bonds. The molecule has 0 radical (unpaired) electrons. The molecule has 2 aromatic carbocycles. The molecule has 0 aliphatic heterocycles. The van der Waals surface area contributed by atoms with Gasteiger partial charge in [-0.25, -0.2) is 17.7 Å². The summed E-state index contributed by atoms with van der Waals surface area (Å²) >= 11 is 6.63. The molecule has 2 aromatic heterocycles. The highest BCUT2D eigenvalue weighted by Gasteiger charge is 2.44. The Morgan fingerprint density at radius 1 is 0.978 bits per heavy atom. The van der Waals surface area contributed by atoms with Gasteiger partial charge in [-0.1, -0.05) is 76.6 Å². The van der Waals surface area contributed by atoms with Gasteiger partial charge in [-0.3, -0.25) is 14.7 Å². The van der Waals surface area contributed by atoms with Gasteiger partial charge in [0.05, 0.1) is 22.8 Å². The summed E-state index contributed by atoms with van der Waals surface area (Å²) in [6.45, 7) is 14.9. The van der Waals surface area contributed by atoms with E-state index in [0.29, 0.717) is 16.5 Å². The summed E-state index contributed by atoms with van der Waals surface area (Å²) in [5, 5.41) is 18.3. The Hall–Kier alpha value is -3.94. The maximum atomic E-state index is 13.4. The standard InChI is InChI=1S/C31H40ClN7O5S/c1-19(44-22-17-13-12-16-21(22)34-23(40)18-33-45(42,43)20-14-10-9-11-15-20)27(41)35-31(7,8)30(5,6)28-37-36-26-24(32)25(29(2,3)4)38-39(26)28/h9-17,19,33,38H,18H2,1-8H3,(H,34,40)(H,35,41). The number of sulfonamides is 1. The summed E-state index contributed by atoms with van der Waals surface area (Å²) in [6, 6.07) is 14.3. The van der Waals surface area contributed by atoms with E-state index >= 15 is 0 Å². The predicted molar refractivity (Wildman–Crippen MR) is 173 cm³/mol. The molecule has 0 fully saturated rings. The molecular weight excluding hydrogens is 618 g/mol. The van der Waals surface area contributed by atoms with Crippen LogP contribution < -0.4 is 20.1 Å². The van der Waals surface area contributed by atoms with Crippen molar-refractivity contribution in [3.05, 3.63) is 71.1 Å². The van der Waals surface area contributed by atoms with Gasteiger partial charge in [0.15, 0.2) is 17.6 Å².